The molecule has 244 valence electrons. The maximum absolute atomic E-state index is 12.1. The maximum atomic E-state index is 12.1. The summed E-state index contributed by atoms with van der Waals surface area (Å²) >= 11 is 0. The van der Waals surface area contributed by atoms with Crippen molar-refractivity contribution in [1.29, 1.82) is 0 Å². The predicted octanol–water partition coefficient (Wildman–Crippen LogP) is 7.33. The number of fused-ring (bicyclic) bond motifs is 1. The number of carboxylic acids is 2. The standard InChI is InChI=1S/C15H10F3NO5.C15H8F3NO4/c16-15(17,18)24-10-4-1-8(2-5-10)13(21)19-11-7-9(14(22)23)3-6-12(11)20;16-15(17,18)23-10-4-1-8(2-5-10)13-19-11-7-9(14(20)21)3-6-12(11)22-13/h1-7,20H,(H,19,21)(H,22,23);1-7H,(H,20,21). The lowest BCUT2D eigenvalue weighted by molar-refractivity contribution is -0.275. The summed E-state index contributed by atoms with van der Waals surface area (Å²) in [4.78, 5) is 37.9. The van der Waals surface area contributed by atoms with Gasteiger partial charge in [0.25, 0.3) is 5.91 Å². The smallest absolute Gasteiger partial charge is 0.506 e. The average Bonchev–Trinajstić information content (AvgIpc) is 3.41. The van der Waals surface area contributed by atoms with E-state index in [1.165, 1.54) is 30.3 Å². The van der Waals surface area contributed by atoms with Crippen molar-refractivity contribution in [3.05, 3.63) is 102 Å². The van der Waals surface area contributed by atoms with Crippen molar-refractivity contribution in [3.63, 3.8) is 0 Å². The number of aromatic hydroxyl groups is 1. The Morgan fingerprint density at radius 2 is 1.17 bits per heavy atom. The number of ether oxygens (including phenoxy) is 2. The summed E-state index contributed by atoms with van der Waals surface area (Å²) in [5, 5.41) is 29.7. The minimum Gasteiger partial charge on any atom is -0.506 e. The van der Waals surface area contributed by atoms with Gasteiger partial charge in [-0.25, -0.2) is 14.6 Å². The Kier molecular flexibility index (Phi) is 9.58. The Bertz CT molecular complexity index is 1920. The van der Waals surface area contributed by atoms with Crippen molar-refractivity contribution in [2.75, 3.05) is 5.32 Å². The first-order valence-corrected chi connectivity index (χ1v) is 12.7. The van der Waals surface area contributed by atoms with Crippen molar-refractivity contribution < 1.29 is 69.9 Å². The van der Waals surface area contributed by atoms with Gasteiger partial charge < -0.3 is 34.5 Å². The third kappa shape index (κ3) is 9.37. The molecule has 0 aliphatic rings. The molecule has 17 heteroatoms. The van der Waals surface area contributed by atoms with E-state index in [1.807, 2.05) is 0 Å². The van der Waals surface area contributed by atoms with E-state index in [2.05, 4.69) is 19.8 Å². The van der Waals surface area contributed by atoms with Crippen LogP contribution in [0.4, 0.5) is 32.0 Å². The van der Waals surface area contributed by atoms with Gasteiger partial charge in [-0.15, -0.1) is 26.3 Å². The zero-order valence-corrected chi connectivity index (χ0v) is 23.1. The summed E-state index contributed by atoms with van der Waals surface area (Å²) in [5.74, 6) is -4.12. The first kappa shape index (κ1) is 33.6. The lowest BCUT2D eigenvalue weighted by Crippen LogP contribution is -2.17. The van der Waals surface area contributed by atoms with Gasteiger partial charge in [0, 0.05) is 11.1 Å². The van der Waals surface area contributed by atoms with E-state index < -0.39 is 36.3 Å². The number of hydrogen-bond acceptors (Lipinski definition) is 8. The molecule has 4 aromatic carbocycles. The quantitative estimate of drug-likeness (QED) is 0.102. The van der Waals surface area contributed by atoms with Crippen LogP contribution in [-0.4, -0.2) is 50.9 Å². The van der Waals surface area contributed by atoms with Crippen LogP contribution in [0.1, 0.15) is 31.1 Å². The molecule has 0 fully saturated rings. The van der Waals surface area contributed by atoms with Crippen molar-refractivity contribution >= 4 is 34.6 Å². The maximum Gasteiger partial charge on any atom is 0.573 e. The van der Waals surface area contributed by atoms with Crippen molar-refractivity contribution in [1.82, 2.24) is 4.98 Å². The summed E-state index contributed by atoms with van der Waals surface area (Å²) in [5.41, 5.74) is 0.909. The minimum atomic E-state index is -4.84. The molecule has 0 radical (unpaired) electrons. The molecule has 47 heavy (non-hydrogen) atoms. The number of amides is 1. The second-order valence-electron chi connectivity index (χ2n) is 9.14. The third-order valence-electron chi connectivity index (χ3n) is 5.81. The number of anilines is 1. The van der Waals surface area contributed by atoms with E-state index in [4.69, 9.17) is 14.6 Å². The molecule has 0 spiro atoms. The number of benzene rings is 4. The van der Waals surface area contributed by atoms with Crippen LogP contribution in [0.25, 0.3) is 22.6 Å². The van der Waals surface area contributed by atoms with Crippen molar-refractivity contribution in [2.24, 2.45) is 0 Å². The van der Waals surface area contributed by atoms with E-state index in [-0.39, 0.29) is 39.8 Å². The van der Waals surface area contributed by atoms with Gasteiger partial charge >= 0.3 is 24.7 Å². The van der Waals surface area contributed by atoms with Crippen LogP contribution < -0.4 is 14.8 Å². The average molecular weight is 664 g/mol. The van der Waals surface area contributed by atoms with Crippen molar-refractivity contribution in [3.8, 4) is 28.7 Å². The van der Waals surface area contributed by atoms with Gasteiger partial charge in [0.15, 0.2) is 5.58 Å². The van der Waals surface area contributed by atoms with Crippen LogP contribution in [0.3, 0.4) is 0 Å². The number of rotatable bonds is 7. The van der Waals surface area contributed by atoms with Gasteiger partial charge in [-0.3, -0.25) is 4.79 Å². The number of aromatic carboxylic acids is 2. The minimum absolute atomic E-state index is 0.00958. The fraction of sp³-hybridized carbons (Fsp3) is 0.0667. The normalized spacial score (nSPS) is 11.3. The summed E-state index contributed by atoms with van der Waals surface area (Å²) in [6.45, 7) is 0. The molecular formula is C30H18F6N2O9. The van der Waals surface area contributed by atoms with Crippen LogP contribution in [0.5, 0.6) is 17.2 Å². The molecule has 1 heterocycles. The number of nitrogens with zero attached hydrogens (tertiary/aromatic N) is 1. The summed E-state index contributed by atoms with van der Waals surface area (Å²) < 4.78 is 85.4. The second kappa shape index (κ2) is 13.4. The number of halogens is 6. The van der Waals surface area contributed by atoms with E-state index in [9.17, 15) is 45.8 Å². The number of phenolic OH excluding ortho intramolecular Hbond substituents is 1. The summed E-state index contributed by atoms with van der Waals surface area (Å²) in [7, 11) is 0. The third-order valence-corrected chi connectivity index (χ3v) is 5.81. The summed E-state index contributed by atoms with van der Waals surface area (Å²) in [6, 6.07) is 16.6. The number of phenols is 1. The molecule has 0 saturated carbocycles. The fourth-order valence-corrected chi connectivity index (χ4v) is 3.75. The highest BCUT2D eigenvalue weighted by Gasteiger charge is 2.31. The van der Waals surface area contributed by atoms with E-state index in [0.717, 1.165) is 54.6 Å². The Morgan fingerprint density at radius 3 is 1.70 bits per heavy atom. The molecule has 1 aromatic heterocycles. The van der Waals surface area contributed by atoms with Gasteiger partial charge in [0.2, 0.25) is 5.89 Å². The van der Waals surface area contributed by atoms with Crippen LogP contribution in [-0.2, 0) is 0 Å². The number of alkyl halides is 6. The van der Waals surface area contributed by atoms with Crippen molar-refractivity contribution in [2.45, 2.75) is 12.7 Å². The zero-order chi connectivity index (χ0) is 34.5. The highest BCUT2D eigenvalue weighted by Crippen LogP contribution is 2.29. The molecule has 0 unspecified atom stereocenters. The number of nitrogens with one attached hydrogen (secondary N) is 1. The van der Waals surface area contributed by atoms with Gasteiger partial charge in [0.1, 0.15) is 22.8 Å². The Balaban J connectivity index is 0.000000213. The highest BCUT2D eigenvalue weighted by molar-refractivity contribution is 6.05. The molecule has 0 saturated heterocycles. The molecule has 4 N–H and O–H groups in total. The topological polar surface area (TPSA) is 168 Å². The Hall–Kier alpha value is -6.26. The number of oxazole rings is 1. The molecular weight excluding hydrogens is 646 g/mol. The number of hydrogen-bond donors (Lipinski definition) is 4. The van der Waals surface area contributed by atoms with Gasteiger partial charge in [0.05, 0.1) is 16.8 Å². The molecule has 0 bridgehead atoms. The SMILES string of the molecule is O=C(O)c1ccc(O)c(NC(=O)c2ccc(OC(F)(F)F)cc2)c1.O=C(O)c1ccc2oc(-c3ccc(OC(F)(F)F)cc3)nc2c1. The molecule has 1 amide bonds. The highest BCUT2D eigenvalue weighted by atomic mass is 19.4. The number of aromatic nitrogens is 1. The molecule has 0 atom stereocenters. The number of carboxylic acid groups (broad SMARTS) is 2. The molecule has 5 aromatic rings. The predicted molar refractivity (Wildman–Crippen MR) is 149 cm³/mol. The first-order valence-electron chi connectivity index (χ1n) is 12.7. The largest absolute Gasteiger partial charge is 0.573 e. The van der Waals surface area contributed by atoms with Gasteiger partial charge in [-0.1, -0.05) is 0 Å². The molecule has 0 aliphatic carbocycles. The van der Waals surface area contributed by atoms with Crippen LogP contribution in [0.2, 0.25) is 0 Å². The number of carbonyl (C=O) groups is 3. The lowest BCUT2D eigenvalue weighted by Gasteiger charge is -2.10. The summed E-state index contributed by atoms with van der Waals surface area (Å²) in [6.07, 6.45) is -9.60. The fourth-order valence-electron chi connectivity index (χ4n) is 3.75. The van der Waals surface area contributed by atoms with Gasteiger partial charge in [-0.2, -0.15) is 0 Å². The van der Waals surface area contributed by atoms with Gasteiger partial charge in [-0.05, 0) is 84.9 Å². The van der Waals surface area contributed by atoms with Crippen LogP contribution in [0.15, 0.2) is 89.3 Å². The monoisotopic (exact) mass is 664 g/mol. The zero-order valence-electron chi connectivity index (χ0n) is 23.1. The molecule has 5 rings (SSSR count). The Morgan fingerprint density at radius 1 is 0.681 bits per heavy atom. The van der Waals surface area contributed by atoms with Crippen LogP contribution >= 0.6 is 0 Å². The van der Waals surface area contributed by atoms with E-state index in [0.29, 0.717) is 16.7 Å². The van der Waals surface area contributed by atoms with E-state index >= 15 is 0 Å². The second-order valence-corrected chi connectivity index (χ2v) is 9.14. The van der Waals surface area contributed by atoms with E-state index in [1.54, 1.807) is 0 Å². The van der Waals surface area contributed by atoms with Crippen LogP contribution in [0, 0.1) is 0 Å². The molecule has 11 nitrogen and oxygen atoms in total. The lowest BCUT2D eigenvalue weighted by atomic mass is 10.1. The number of carbonyl (C=O) groups excluding carboxylic acids is 1. The Labute approximate surface area is 258 Å². The molecule has 0 aliphatic heterocycles. The first-order chi connectivity index (χ1) is 22.0.